The van der Waals surface area contributed by atoms with Crippen LogP contribution in [-0.4, -0.2) is 63.1 Å². The minimum atomic E-state index is 0.487. The van der Waals surface area contributed by atoms with Crippen LogP contribution in [-0.2, 0) is 0 Å². The van der Waals surface area contributed by atoms with E-state index in [0.29, 0.717) is 40.9 Å². The molecule has 0 atom stereocenters. The van der Waals surface area contributed by atoms with E-state index >= 15 is 0 Å². The van der Waals surface area contributed by atoms with E-state index in [1.54, 1.807) is 12.4 Å². The summed E-state index contributed by atoms with van der Waals surface area (Å²) in [5, 5.41) is 8.88. The highest BCUT2D eigenvalue weighted by Crippen LogP contribution is 2.41. The van der Waals surface area contributed by atoms with Crippen LogP contribution in [0.5, 0.6) is 0 Å². The van der Waals surface area contributed by atoms with Gasteiger partial charge in [-0.1, -0.05) is 194 Å². The molecule has 0 spiro atoms. The second-order valence-electron chi connectivity index (χ2n) is 23.0. The summed E-state index contributed by atoms with van der Waals surface area (Å²) >= 11 is 0. The second-order valence-corrected chi connectivity index (χ2v) is 23.0. The molecule has 0 saturated carbocycles. The summed E-state index contributed by atoms with van der Waals surface area (Å²) in [5.74, 6) is 3.55. The van der Waals surface area contributed by atoms with E-state index in [-0.39, 0.29) is 0 Å². The van der Waals surface area contributed by atoms with Gasteiger partial charge in [-0.15, -0.1) is 0 Å². The lowest BCUT2D eigenvalue weighted by atomic mass is 10.0. The Morgan fingerprint density at radius 2 is 0.596 bits per heavy atom. The molecule has 0 N–H and O–H groups in total. The minimum Gasteiger partial charge on any atom is -0.317 e. The Hall–Kier alpha value is -13.1. The molecule has 0 fully saturated rings. The quantitative estimate of drug-likeness (QED) is 0.138. The summed E-state index contributed by atoms with van der Waals surface area (Å²) in [6.07, 6.45) is 7.82. The number of rotatable bonds is 9. The molecule has 13 nitrogen and oxygen atoms in total. The van der Waals surface area contributed by atoms with Crippen molar-refractivity contribution in [2.24, 2.45) is 0 Å². The third-order valence-electron chi connectivity index (χ3n) is 17.6. The van der Waals surface area contributed by atoms with Crippen LogP contribution in [0.25, 0.3) is 167 Å². The van der Waals surface area contributed by atoms with Crippen molar-refractivity contribution in [3.8, 4) is 80.2 Å². The predicted molar refractivity (Wildman–Crippen MR) is 378 cm³/mol. The van der Waals surface area contributed by atoms with Crippen LogP contribution in [0.2, 0.25) is 0 Å². The smallest absolute Gasteiger partial charge is 0.235 e. The fraction of sp³-hybridized carbons (Fsp3) is 0. The number of hydrogen-bond donors (Lipinski definition) is 0. The summed E-state index contributed by atoms with van der Waals surface area (Å²) in [5.41, 5.74) is 15.7. The molecule has 0 bridgehead atoms. The number of aromatic nitrogens is 13. The van der Waals surface area contributed by atoms with E-state index in [0.717, 1.165) is 105 Å². The molecule has 8 heterocycles. The van der Waals surface area contributed by atoms with E-state index in [4.69, 9.17) is 34.9 Å². The van der Waals surface area contributed by atoms with Gasteiger partial charge in [0.05, 0.1) is 49.8 Å². The first-order chi connectivity index (χ1) is 46.6. The zero-order valence-corrected chi connectivity index (χ0v) is 50.3. The van der Waals surface area contributed by atoms with E-state index in [2.05, 4.69) is 210 Å². The lowest BCUT2D eigenvalue weighted by Crippen LogP contribution is -2.06. The summed E-state index contributed by atoms with van der Waals surface area (Å²) in [6.45, 7) is 0. The molecule has 19 rings (SSSR count). The van der Waals surface area contributed by atoms with Crippen LogP contribution in [0.15, 0.2) is 310 Å². The molecule has 0 aliphatic heterocycles. The normalized spacial score (nSPS) is 11.6. The van der Waals surface area contributed by atoms with E-state index in [9.17, 15) is 0 Å². The van der Waals surface area contributed by atoms with Gasteiger partial charge in [0, 0.05) is 102 Å². The van der Waals surface area contributed by atoms with Crippen molar-refractivity contribution in [2.75, 3.05) is 0 Å². The monoisotopic (exact) mass is 1210 g/mol. The van der Waals surface area contributed by atoms with Gasteiger partial charge >= 0.3 is 0 Å². The molecule has 0 aliphatic rings. The summed E-state index contributed by atoms with van der Waals surface area (Å²) in [7, 11) is 0. The molecule has 8 aromatic heterocycles. The SMILES string of the molecule is c1ccc(-c2nc(-c3ccccc3)nc(-c3nc(-n4c5ccccc5c5c6ccn(-c7ccccc7)c6ccc54)nc4ccccc34)n2)cc1.c1ccc(-n2ccc3c4c5ccccc5n(-c5nc(-c6ccc(-c7ncccn7)cc6)c6ccccc6n5)c4ccc32)cc1. The highest BCUT2D eigenvalue weighted by Gasteiger charge is 2.24. The van der Waals surface area contributed by atoms with Crippen molar-refractivity contribution < 1.29 is 0 Å². The van der Waals surface area contributed by atoms with Gasteiger partial charge in [-0.05, 0) is 91.0 Å². The van der Waals surface area contributed by atoms with Crippen molar-refractivity contribution in [1.29, 1.82) is 0 Å². The lowest BCUT2D eigenvalue weighted by Gasteiger charge is -2.12. The van der Waals surface area contributed by atoms with Crippen molar-refractivity contribution in [1.82, 2.24) is 63.1 Å². The molecule has 13 heteroatoms. The van der Waals surface area contributed by atoms with Crippen LogP contribution in [0.1, 0.15) is 0 Å². The number of nitrogens with zero attached hydrogens (tertiary/aromatic N) is 13. The maximum absolute atomic E-state index is 5.31. The largest absolute Gasteiger partial charge is 0.317 e. The summed E-state index contributed by atoms with van der Waals surface area (Å²) in [4.78, 5) is 44.7. The van der Waals surface area contributed by atoms with E-state index < -0.39 is 0 Å². The summed E-state index contributed by atoms with van der Waals surface area (Å²) < 4.78 is 8.85. The molecule has 0 unspecified atom stereocenters. The molecule has 94 heavy (non-hydrogen) atoms. The van der Waals surface area contributed by atoms with Gasteiger partial charge in [0.25, 0.3) is 0 Å². The van der Waals surface area contributed by atoms with Crippen molar-refractivity contribution in [2.45, 2.75) is 0 Å². The Labute approximate surface area is 537 Å². The Morgan fingerprint density at radius 3 is 1.10 bits per heavy atom. The van der Waals surface area contributed by atoms with Crippen LogP contribution in [0.4, 0.5) is 0 Å². The summed E-state index contributed by atoms with van der Waals surface area (Å²) in [6, 6.07) is 97.5. The fourth-order valence-corrected chi connectivity index (χ4v) is 13.3. The van der Waals surface area contributed by atoms with Gasteiger partial charge in [0.15, 0.2) is 23.3 Å². The topological polar surface area (TPSA) is 136 Å². The maximum Gasteiger partial charge on any atom is 0.235 e. The number of benzene rings is 11. The molecule has 19 aromatic rings. The van der Waals surface area contributed by atoms with E-state index in [1.165, 1.54) is 21.5 Å². The van der Waals surface area contributed by atoms with Crippen molar-refractivity contribution in [3.63, 3.8) is 0 Å². The van der Waals surface area contributed by atoms with Gasteiger partial charge in [-0.2, -0.15) is 0 Å². The Balaban J connectivity index is 0.000000139. The molecule has 0 amide bonds. The second kappa shape index (κ2) is 22.4. The molecule has 0 aliphatic carbocycles. The first-order valence-corrected chi connectivity index (χ1v) is 31.1. The number of para-hydroxylation sites is 6. The van der Waals surface area contributed by atoms with Gasteiger partial charge in [-0.25, -0.2) is 44.9 Å². The van der Waals surface area contributed by atoms with Crippen LogP contribution in [0.3, 0.4) is 0 Å². The van der Waals surface area contributed by atoms with E-state index in [1.807, 2.05) is 115 Å². The Kier molecular flexibility index (Phi) is 12.8. The third-order valence-corrected chi connectivity index (χ3v) is 17.6. The third kappa shape index (κ3) is 9.13. The predicted octanol–water partition coefficient (Wildman–Crippen LogP) is 18.7. The van der Waals surface area contributed by atoms with Gasteiger partial charge < -0.3 is 9.13 Å². The zero-order valence-electron chi connectivity index (χ0n) is 50.3. The maximum atomic E-state index is 5.31. The highest BCUT2D eigenvalue weighted by molar-refractivity contribution is 6.22. The van der Waals surface area contributed by atoms with Crippen LogP contribution < -0.4 is 0 Å². The standard InChI is InChI=1S/C43H27N7.C38H24N6/c1-4-14-28(15-5-1)40-46-41(29-16-6-2-7-17-29)48-42(47-40)39-31-20-10-12-22-34(31)44-43(45-39)50-36-23-13-11-21-32(36)38-33-26-27-49(30-18-8-3-9-19-30)35(33)24-25-37(38)50;1-2-9-27(10-3-1)43-24-21-30-32(43)19-20-34-35(30)29-12-5-7-14-33(29)44(34)38-41-31-13-6-4-11-28(31)36(42-38)25-15-17-26(18-16-25)37-39-22-8-23-40-37/h1-27H;1-24H. The van der Waals surface area contributed by atoms with Crippen molar-refractivity contribution >= 4 is 87.2 Å². The Morgan fingerprint density at radius 1 is 0.223 bits per heavy atom. The Bertz CT molecular complexity index is 6030. The number of hydrogen-bond acceptors (Lipinski definition) is 9. The minimum absolute atomic E-state index is 0.487. The molecule has 11 aromatic carbocycles. The first-order valence-electron chi connectivity index (χ1n) is 31.1. The molecular formula is C81H51N13. The lowest BCUT2D eigenvalue weighted by molar-refractivity contribution is 0.995. The van der Waals surface area contributed by atoms with Crippen molar-refractivity contribution in [3.05, 3.63) is 310 Å². The van der Waals surface area contributed by atoms with Crippen LogP contribution in [0, 0.1) is 0 Å². The first kappa shape index (κ1) is 53.9. The van der Waals surface area contributed by atoms with Gasteiger partial charge in [0.1, 0.15) is 5.69 Å². The fourth-order valence-electron chi connectivity index (χ4n) is 13.3. The molecule has 440 valence electrons. The zero-order chi connectivity index (χ0) is 62.1. The molecule has 0 saturated heterocycles. The highest BCUT2D eigenvalue weighted by atomic mass is 15.2. The average Bonchev–Trinajstić information content (AvgIpc) is 1.56. The molecule has 0 radical (unpaired) electrons. The van der Waals surface area contributed by atoms with Gasteiger partial charge in [-0.3, -0.25) is 9.13 Å². The number of fused-ring (bicyclic) bond motifs is 12. The molecular weight excluding hydrogens is 1150 g/mol. The average molecular weight is 1210 g/mol. The van der Waals surface area contributed by atoms with Gasteiger partial charge in [0.2, 0.25) is 11.9 Å². The van der Waals surface area contributed by atoms with Crippen LogP contribution >= 0.6 is 0 Å².